The molecule has 1 aromatic heterocycles. The number of benzene rings is 2. The highest BCUT2D eigenvalue weighted by Crippen LogP contribution is 2.32. The Morgan fingerprint density at radius 1 is 1.17 bits per heavy atom. The number of nitrogens with one attached hydrogen (secondary N) is 1. The quantitative estimate of drug-likeness (QED) is 0.531. The largest absolute Gasteiger partial charge is 0.493 e. The van der Waals surface area contributed by atoms with Crippen molar-refractivity contribution in [3.63, 3.8) is 0 Å². The minimum absolute atomic E-state index is 0.0888. The van der Waals surface area contributed by atoms with Crippen LogP contribution in [0.3, 0.4) is 0 Å². The summed E-state index contributed by atoms with van der Waals surface area (Å²) >= 11 is 7.33. The first-order chi connectivity index (χ1) is 14.5. The van der Waals surface area contributed by atoms with E-state index in [1.165, 1.54) is 25.3 Å². The molecule has 0 radical (unpaired) electrons. The van der Waals surface area contributed by atoms with E-state index in [1.807, 2.05) is 30.3 Å². The van der Waals surface area contributed by atoms with Gasteiger partial charge in [0.25, 0.3) is 5.91 Å². The molecule has 0 saturated carbocycles. The standard InChI is InChI=1S/C20H16ClF2N3O3S/c1-28-16-10-13(7-8-15(16)29-20(22)23)9-14(21)18-25-26-19(30-18)17(27)24-11-12-5-3-2-4-6-12/h2-10,20H,11H2,1H3,(H,24,27)/b14-9-. The molecule has 1 N–H and O–H groups in total. The molecule has 0 bridgehead atoms. The molecular weight excluding hydrogens is 436 g/mol. The first-order valence-electron chi connectivity index (χ1n) is 8.62. The summed E-state index contributed by atoms with van der Waals surface area (Å²) in [6, 6.07) is 13.8. The van der Waals surface area contributed by atoms with E-state index in [0.717, 1.165) is 16.9 Å². The van der Waals surface area contributed by atoms with Crippen molar-refractivity contribution in [2.45, 2.75) is 13.2 Å². The Labute approximate surface area is 180 Å². The molecule has 10 heteroatoms. The number of methoxy groups -OCH3 is 1. The monoisotopic (exact) mass is 451 g/mol. The van der Waals surface area contributed by atoms with Gasteiger partial charge in [0.05, 0.1) is 12.1 Å². The highest BCUT2D eigenvalue weighted by Gasteiger charge is 2.15. The molecule has 0 spiro atoms. The van der Waals surface area contributed by atoms with Crippen LogP contribution in [0.5, 0.6) is 11.5 Å². The minimum Gasteiger partial charge on any atom is -0.493 e. The third-order valence-electron chi connectivity index (χ3n) is 3.82. The predicted molar refractivity (Wildman–Crippen MR) is 111 cm³/mol. The molecule has 0 aliphatic heterocycles. The van der Waals surface area contributed by atoms with Crippen molar-refractivity contribution in [1.29, 1.82) is 0 Å². The molecule has 30 heavy (non-hydrogen) atoms. The summed E-state index contributed by atoms with van der Waals surface area (Å²) < 4.78 is 34.3. The summed E-state index contributed by atoms with van der Waals surface area (Å²) in [5.74, 6) is -0.317. The Morgan fingerprint density at radius 3 is 2.60 bits per heavy atom. The van der Waals surface area contributed by atoms with E-state index < -0.39 is 6.61 Å². The Kier molecular flexibility index (Phi) is 7.31. The van der Waals surface area contributed by atoms with Gasteiger partial charge in [0, 0.05) is 6.54 Å². The third-order valence-corrected chi connectivity index (χ3v) is 5.17. The van der Waals surface area contributed by atoms with Gasteiger partial charge in [-0.25, -0.2) is 0 Å². The van der Waals surface area contributed by atoms with E-state index >= 15 is 0 Å². The lowest BCUT2D eigenvalue weighted by Gasteiger charge is -2.10. The number of ether oxygens (including phenoxy) is 2. The van der Waals surface area contributed by atoms with Gasteiger partial charge in [-0.05, 0) is 29.3 Å². The highest BCUT2D eigenvalue weighted by molar-refractivity contribution is 7.15. The van der Waals surface area contributed by atoms with Crippen LogP contribution in [0, 0.1) is 0 Å². The molecule has 0 saturated heterocycles. The zero-order valence-corrected chi connectivity index (χ0v) is 17.2. The molecule has 3 aromatic rings. The number of alkyl halides is 2. The number of amides is 1. The Hall–Kier alpha value is -3.04. The van der Waals surface area contributed by atoms with Gasteiger partial charge in [-0.15, -0.1) is 10.2 Å². The fraction of sp³-hybridized carbons (Fsp3) is 0.150. The molecule has 0 fully saturated rings. The van der Waals surface area contributed by atoms with Gasteiger partial charge in [-0.2, -0.15) is 8.78 Å². The molecule has 1 heterocycles. The van der Waals surface area contributed by atoms with Crippen LogP contribution in [0.4, 0.5) is 8.78 Å². The first-order valence-corrected chi connectivity index (χ1v) is 9.81. The molecular formula is C20H16ClF2N3O3S. The van der Waals surface area contributed by atoms with Crippen molar-refractivity contribution < 1.29 is 23.0 Å². The highest BCUT2D eigenvalue weighted by atomic mass is 35.5. The molecule has 0 aliphatic rings. The second kappa shape index (κ2) is 10.1. The fourth-order valence-electron chi connectivity index (χ4n) is 2.44. The molecule has 0 atom stereocenters. The maximum atomic E-state index is 12.4. The number of hydrogen-bond acceptors (Lipinski definition) is 6. The van der Waals surface area contributed by atoms with Gasteiger partial charge in [-0.3, -0.25) is 4.79 Å². The zero-order chi connectivity index (χ0) is 21.5. The van der Waals surface area contributed by atoms with Crippen LogP contribution in [-0.4, -0.2) is 29.8 Å². The molecule has 0 aliphatic carbocycles. The summed E-state index contributed by atoms with van der Waals surface area (Å²) in [7, 11) is 1.34. The number of rotatable bonds is 8. The average molecular weight is 452 g/mol. The van der Waals surface area contributed by atoms with Crippen LogP contribution in [0.15, 0.2) is 48.5 Å². The van der Waals surface area contributed by atoms with Crippen molar-refractivity contribution >= 4 is 40.0 Å². The predicted octanol–water partition coefficient (Wildman–Crippen LogP) is 4.82. The molecule has 3 rings (SSSR count). The topological polar surface area (TPSA) is 73.3 Å². The van der Waals surface area contributed by atoms with Crippen molar-refractivity contribution in [3.05, 3.63) is 69.7 Å². The fourth-order valence-corrected chi connectivity index (χ4v) is 3.39. The summed E-state index contributed by atoms with van der Waals surface area (Å²) in [5.41, 5.74) is 1.53. The van der Waals surface area contributed by atoms with Crippen LogP contribution in [0.2, 0.25) is 0 Å². The average Bonchev–Trinajstić information content (AvgIpc) is 3.24. The second-order valence-corrected chi connectivity index (χ2v) is 7.25. The normalized spacial score (nSPS) is 11.4. The van der Waals surface area contributed by atoms with E-state index in [0.29, 0.717) is 17.1 Å². The van der Waals surface area contributed by atoms with Crippen LogP contribution in [0.25, 0.3) is 11.1 Å². The molecule has 2 aromatic carbocycles. The molecule has 156 valence electrons. The number of hydrogen-bond donors (Lipinski definition) is 1. The van der Waals surface area contributed by atoms with Crippen molar-refractivity contribution in [2.24, 2.45) is 0 Å². The third kappa shape index (κ3) is 5.74. The van der Waals surface area contributed by atoms with Gasteiger partial charge in [0.15, 0.2) is 16.5 Å². The lowest BCUT2D eigenvalue weighted by Crippen LogP contribution is -2.22. The number of carbonyl (C=O) groups is 1. The Morgan fingerprint density at radius 2 is 1.90 bits per heavy atom. The lowest BCUT2D eigenvalue weighted by atomic mass is 10.2. The zero-order valence-electron chi connectivity index (χ0n) is 15.6. The van der Waals surface area contributed by atoms with Gasteiger partial charge in [-0.1, -0.05) is 59.3 Å². The van der Waals surface area contributed by atoms with E-state index in [-0.39, 0.29) is 27.4 Å². The van der Waals surface area contributed by atoms with E-state index in [2.05, 4.69) is 20.3 Å². The van der Waals surface area contributed by atoms with Crippen molar-refractivity contribution in [3.8, 4) is 11.5 Å². The number of halogens is 3. The summed E-state index contributed by atoms with van der Waals surface area (Å²) in [6.45, 7) is -2.60. The van der Waals surface area contributed by atoms with E-state index in [9.17, 15) is 13.6 Å². The van der Waals surface area contributed by atoms with Crippen molar-refractivity contribution in [2.75, 3.05) is 7.11 Å². The second-order valence-electron chi connectivity index (χ2n) is 5.86. The lowest BCUT2D eigenvalue weighted by molar-refractivity contribution is -0.0512. The van der Waals surface area contributed by atoms with Gasteiger partial charge in [0.1, 0.15) is 0 Å². The van der Waals surface area contributed by atoms with Gasteiger partial charge in [0.2, 0.25) is 5.01 Å². The van der Waals surface area contributed by atoms with E-state index in [1.54, 1.807) is 6.08 Å². The van der Waals surface area contributed by atoms with Crippen LogP contribution in [0.1, 0.15) is 25.9 Å². The summed E-state index contributed by atoms with van der Waals surface area (Å²) in [6.07, 6.45) is 1.56. The SMILES string of the molecule is COc1cc(/C=C(\Cl)c2nnc(C(=O)NCc3ccccc3)s2)ccc1OC(F)F. The van der Waals surface area contributed by atoms with Crippen LogP contribution in [-0.2, 0) is 6.54 Å². The van der Waals surface area contributed by atoms with Gasteiger partial charge >= 0.3 is 6.61 Å². The smallest absolute Gasteiger partial charge is 0.387 e. The van der Waals surface area contributed by atoms with Crippen molar-refractivity contribution in [1.82, 2.24) is 15.5 Å². The Balaban J connectivity index is 1.70. The Bertz CT molecular complexity index is 1040. The number of carbonyl (C=O) groups excluding carboxylic acids is 1. The van der Waals surface area contributed by atoms with E-state index in [4.69, 9.17) is 16.3 Å². The van der Waals surface area contributed by atoms with Crippen LogP contribution >= 0.6 is 22.9 Å². The summed E-state index contributed by atoms with van der Waals surface area (Å²) in [4.78, 5) is 12.3. The van der Waals surface area contributed by atoms with Crippen LogP contribution < -0.4 is 14.8 Å². The summed E-state index contributed by atoms with van der Waals surface area (Å²) in [5, 5.41) is 11.3. The number of aromatic nitrogens is 2. The first kappa shape index (κ1) is 21.7. The number of nitrogens with zero attached hydrogens (tertiary/aromatic N) is 2. The maximum absolute atomic E-state index is 12.4. The molecule has 6 nitrogen and oxygen atoms in total. The minimum atomic E-state index is -2.96. The van der Waals surface area contributed by atoms with Gasteiger partial charge < -0.3 is 14.8 Å². The maximum Gasteiger partial charge on any atom is 0.387 e. The molecule has 1 amide bonds. The molecule has 0 unspecified atom stereocenters.